The molecule has 0 unspecified atom stereocenters. The van der Waals surface area contributed by atoms with Gasteiger partial charge in [0.15, 0.2) is 0 Å². The molecule has 2 heterocycles. The van der Waals surface area contributed by atoms with Crippen LogP contribution in [0.1, 0.15) is 32.7 Å². The van der Waals surface area contributed by atoms with Crippen LogP contribution in [0.25, 0.3) is 0 Å². The molecule has 0 atom stereocenters. The smallest absolute Gasteiger partial charge is 0.340 e. The number of imide groups is 1. The molecule has 15 heteroatoms. The van der Waals surface area contributed by atoms with Gasteiger partial charge < -0.3 is 18.4 Å². The van der Waals surface area contributed by atoms with Crippen molar-refractivity contribution in [1.29, 1.82) is 0 Å². The van der Waals surface area contributed by atoms with E-state index in [4.69, 9.17) is 18.4 Å². The van der Waals surface area contributed by atoms with E-state index in [1.165, 1.54) is 36.4 Å². The molecule has 13 nitrogen and oxygen atoms in total. The van der Waals surface area contributed by atoms with Gasteiger partial charge >= 0.3 is 10.1 Å². The lowest BCUT2D eigenvalue weighted by Gasteiger charge is -2.26. The lowest BCUT2D eigenvalue weighted by molar-refractivity contribution is 0.0390. The van der Waals surface area contributed by atoms with E-state index in [0.717, 1.165) is 0 Å². The largest absolute Gasteiger partial charge is 0.493 e. The number of nitrogens with one attached hydrogen (secondary N) is 2. The Labute approximate surface area is 261 Å². The number of hydrogen-bond acceptors (Lipinski definition) is 11. The van der Waals surface area contributed by atoms with Crippen molar-refractivity contribution in [3.8, 4) is 17.2 Å². The molecule has 1 saturated heterocycles. The van der Waals surface area contributed by atoms with Gasteiger partial charge in [0.25, 0.3) is 11.8 Å². The first-order chi connectivity index (χ1) is 21.5. The predicted octanol–water partition coefficient (Wildman–Crippen LogP) is 2.10. The van der Waals surface area contributed by atoms with Gasteiger partial charge in [0, 0.05) is 38.7 Å². The first kappa shape index (κ1) is 32.4. The van der Waals surface area contributed by atoms with Gasteiger partial charge in [0.2, 0.25) is 10.0 Å². The second-order valence-corrected chi connectivity index (χ2v) is 13.6. The highest BCUT2D eigenvalue weighted by Crippen LogP contribution is 2.29. The number of amides is 2. The zero-order chi connectivity index (χ0) is 32.0. The van der Waals surface area contributed by atoms with Crippen molar-refractivity contribution in [2.45, 2.75) is 23.1 Å². The normalized spacial score (nSPS) is 15.4. The second kappa shape index (κ2) is 14.0. The molecule has 2 aliphatic heterocycles. The minimum atomic E-state index is -4.56. The minimum absolute atomic E-state index is 0.0516. The Balaban J connectivity index is 1.19. The molecule has 3 aromatic rings. The number of aryl methyl sites for hydroxylation is 1. The number of nitrogens with zero attached hydrogens (tertiary/aromatic N) is 1. The van der Waals surface area contributed by atoms with Crippen LogP contribution in [-0.4, -0.2) is 86.2 Å². The molecular weight excluding hydrogens is 626 g/mol. The molecule has 5 rings (SSSR count). The average Bonchev–Trinajstić information content (AvgIpc) is 3.30. The van der Waals surface area contributed by atoms with Crippen molar-refractivity contribution in [2.75, 3.05) is 52.6 Å². The number of benzene rings is 3. The highest BCUT2D eigenvalue weighted by molar-refractivity contribution is 7.91. The third kappa shape index (κ3) is 7.99. The van der Waals surface area contributed by atoms with Crippen LogP contribution in [0, 0.1) is 6.92 Å². The summed E-state index contributed by atoms with van der Waals surface area (Å²) >= 11 is 0. The molecule has 0 aromatic heterocycles. The number of sulfonamides is 1. The molecular formula is C30H33N3O10S2. The number of hydrogen-bond donors (Lipinski definition) is 2. The van der Waals surface area contributed by atoms with Gasteiger partial charge in [0.1, 0.15) is 27.0 Å². The molecule has 240 valence electrons. The molecule has 3 aromatic carbocycles. The summed E-state index contributed by atoms with van der Waals surface area (Å²) in [5.74, 6) is -0.406. The second-order valence-electron chi connectivity index (χ2n) is 10.3. The van der Waals surface area contributed by atoms with E-state index in [9.17, 15) is 26.4 Å². The summed E-state index contributed by atoms with van der Waals surface area (Å²) in [5, 5.41) is 2.24. The van der Waals surface area contributed by atoms with Crippen molar-refractivity contribution in [3.05, 3.63) is 77.4 Å². The topological polar surface area (TPSA) is 167 Å². The van der Waals surface area contributed by atoms with Gasteiger partial charge in [-0.25, -0.2) is 13.1 Å². The fourth-order valence-electron chi connectivity index (χ4n) is 4.88. The summed E-state index contributed by atoms with van der Waals surface area (Å²) < 4.78 is 77.5. The van der Waals surface area contributed by atoms with Crippen molar-refractivity contribution in [1.82, 2.24) is 14.9 Å². The maximum Gasteiger partial charge on any atom is 0.340 e. The van der Waals surface area contributed by atoms with Crippen molar-refractivity contribution in [3.63, 3.8) is 0 Å². The number of morpholine rings is 1. The molecule has 0 spiro atoms. The van der Waals surface area contributed by atoms with E-state index in [-0.39, 0.29) is 36.6 Å². The number of carbonyl (C=O) groups is 2. The van der Waals surface area contributed by atoms with Gasteiger partial charge in [-0.05, 0) is 48.9 Å². The summed E-state index contributed by atoms with van der Waals surface area (Å²) in [7, 11) is -8.73. The maximum atomic E-state index is 13.3. The molecule has 0 bridgehead atoms. The van der Waals surface area contributed by atoms with E-state index < -0.39 is 41.7 Å². The Bertz CT molecular complexity index is 1790. The molecule has 2 aliphatic rings. The predicted molar refractivity (Wildman–Crippen MR) is 162 cm³/mol. The van der Waals surface area contributed by atoms with E-state index in [1.807, 2.05) is 0 Å². The van der Waals surface area contributed by atoms with Crippen molar-refractivity contribution >= 4 is 32.0 Å². The Morgan fingerprint density at radius 2 is 1.58 bits per heavy atom. The van der Waals surface area contributed by atoms with Crippen LogP contribution in [0.3, 0.4) is 0 Å². The van der Waals surface area contributed by atoms with Crippen LogP contribution in [0.5, 0.6) is 17.2 Å². The molecule has 1 fully saturated rings. The Hall–Kier alpha value is -4.02. The van der Waals surface area contributed by atoms with Gasteiger partial charge in [-0.1, -0.05) is 18.2 Å². The number of carbonyl (C=O) groups excluding carboxylic acids is 2. The summed E-state index contributed by atoms with van der Waals surface area (Å²) in [4.78, 5) is 25.0. The molecule has 45 heavy (non-hydrogen) atoms. The maximum absolute atomic E-state index is 13.3. The number of ether oxygens (including phenoxy) is 3. The van der Waals surface area contributed by atoms with Crippen LogP contribution in [0.2, 0.25) is 0 Å². The summed E-state index contributed by atoms with van der Waals surface area (Å²) in [6.07, 6.45) is 0.408. The lowest BCUT2D eigenvalue weighted by Crippen LogP contribution is -2.41. The average molecular weight is 660 g/mol. The third-order valence-corrected chi connectivity index (χ3v) is 9.96. The lowest BCUT2D eigenvalue weighted by atomic mass is 10.1. The van der Waals surface area contributed by atoms with Gasteiger partial charge in [-0.2, -0.15) is 8.42 Å². The fourth-order valence-corrected chi connectivity index (χ4v) is 7.62. The summed E-state index contributed by atoms with van der Waals surface area (Å²) in [5.41, 5.74) is 1.11. The Morgan fingerprint density at radius 3 is 2.36 bits per heavy atom. The van der Waals surface area contributed by atoms with Crippen molar-refractivity contribution in [2.24, 2.45) is 0 Å². The molecule has 2 amide bonds. The standard InChI is InChI=1S/C30H33N3O10S2/c1-21-18-22(41-14-5-15-42-25-7-4-6-24-28(25)30(35)32-29(24)34)20-23(19-21)43-45(38,39)27-9-3-2-8-26(27)44(36,37)31-10-11-33-12-16-40-17-13-33/h2-4,6-9,18-20,31H,5,10-17H2,1H3,(H,32,34,35). The Kier molecular flexibility index (Phi) is 10.0. The Morgan fingerprint density at radius 1 is 0.867 bits per heavy atom. The van der Waals surface area contributed by atoms with Gasteiger partial charge in [0.05, 0.1) is 37.6 Å². The first-order valence-corrected chi connectivity index (χ1v) is 17.1. The van der Waals surface area contributed by atoms with E-state index in [2.05, 4.69) is 14.9 Å². The minimum Gasteiger partial charge on any atom is -0.493 e. The quantitative estimate of drug-likeness (QED) is 0.148. The molecule has 2 N–H and O–H groups in total. The zero-order valence-electron chi connectivity index (χ0n) is 24.5. The SMILES string of the molecule is Cc1cc(OCCCOc2cccc3c2C(=O)NC3=O)cc(OS(=O)(=O)c2ccccc2S(=O)(=O)NCCN2CCOCC2)c1. The molecule has 0 aliphatic carbocycles. The van der Waals surface area contributed by atoms with E-state index in [0.29, 0.717) is 56.3 Å². The van der Waals surface area contributed by atoms with Crippen LogP contribution in [-0.2, 0) is 24.9 Å². The summed E-state index contributed by atoms with van der Waals surface area (Å²) in [6.45, 7) is 5.19. The van der Waals surface area contributed by atoms with Crippen LogP contribution in [0.15, 0.2) is 70.5 Å². The van der Waals surface area contributed by atoms with Gasteiger partial charge in [-0.15, -0.1) is 0 Å². The van der Waals surface area contributed by atoms with Crippen LogP contribution >= 0.6 is 0 Å². The number of fused-ring (bicyclic) bond motifs is 1. The van der Waals surface area contributed by atoms with Crippen molar-refractivity contribution < 1.29 is 44.8 Å². The highest BCUT2D eigenvalue weighted by Gasteiger charge is 2.30. The van der Waals surface area contributed by atoms with E-state index in [1.54, 1.807) is 31.2 Å². The molecule has 0 radical (unpaired) electrons. The van der Waals surface area contributed by atoms with Crippen LogP contribution in [0.4, 0.5) is 0 Å². The van der Waals surface area contributed by atoms with Crippen LogP contribution < -0.4 is 23.7 Å². The summed E-state index contributed by atoms with van der Waals surface area (Å²) in [6, 6.07) is 14.6. The fraction of sp³-hybridized carbons (Fsp3) is 0.333. The molecule has 0 saturated carbocycles. The highest BCUT2D eigenvalue weighted by atomic mass is 32.2. The first-order valence-electron chi connectivity index (χ1n) is 14.2. The third-order valence-electron chi connectivity index (χ3n) is 7.00. The van der Waals surface area contributed by atoms with E-state index >= 15 is 0 Å². The zero-order valence-corrected chi connectivity index (χ0v) is 26.1. The van der Waals surface area contributed by atoms with Gasteiger partial charge in [-0.3, -0.25) is 19.8 Å². The monoisotopic (exact) mass is 659 g/mol. The number of rotatable bonds is 14.